The highest BCUT2D eigenvalue weighted by Crippen LogP contribution is 2.23. The molecule has 1 aromatic carbocycles. The number of benzene rings is 1. The van der Waals surface area contributed by atoms with E-state index >= 15 is 0 Å². The second kappa shape index (κ2) is 4.62. The fraction of sp³-hybridized carbons (Fsp3) is 0.333. The van der Waals surface area contributed by atoms with Crippen molar-refractivity contribution in [3.05, 3.63) is 34.4 Å². The van der Waals surface area contributed by atoms with Crippen LogP contribution in [0.4, 0.5) is 0 Å². The molecule has 0 spiro atoms. The third-order valence-electron chi connectivity index (χ3n) is 2.21. The van der Waals surface area contributed by atoms with Crippen molar-refractivity contribution < 1.29 is 0 Å². The zero-order chi connectivity index (χ0) is 10.8. The first-order valence-corrected chi connectivity index (χ1v) is 6.88. The van der Waals surface area contributed by atoms with Gasteiger partial charge in [-0.05, 0) is 28.8 Å². The zero-order valence-electron chi connectivity index (χ0n) is 8.88. The van der Waals surface area contributed by atoms with Crippen LogP contribution in [0.15, 0.2) is 28.7 Å². The van der Waals surface area contributed by atoms with E-state index in [1.165, 1.54) is 16.6 Å². The smallest absolute Gasteiger partial charge is 0.0467 e. The van der Waals surface area contributed by atoms with Crippen molar-refractivity contribution in [1.29, 1.82) is 0 Å². The summed E-state index contributed by atoms with van der Waals surface area (Å²) in [5.41, 5.74) is 2.52. The van der Waals surface area contributed by atoms with Gasteiger partial charge in [-0.2, -0.15) is 11.8 Å². The van der Waals surface area contributed by atoms with E-state index in [-0.39, 0.29) is 0 Å². The van der Waals surface area contributed by atoms with Gasteiger partial charge in [0.05, 0.1) is 0 Å². The first kappa shape index (κ1) is 11.1. The maximum atomic E-state index is 3.48. The van der Waals surface area contributed by atoms with E-state index in [9.17, 15) is 0 Å². The average Bonchev–Trinajstić information content (AvgIpc) is 2.56. The number of aromatic nitrogens is 1. The number of H-pyrrole nitrogens is 1. The van der Waals surface area contributed by atoms with E-state index in [2.05, 4.69) is 59.0 Å². The first-order valence-electron chi connectivity index (χ1n) is 5.04. The van der Waals surface area contributed by atoms with Gasteiger partial charge in [0.2, 0.25) is 0 Å². The summed E-state index contributed by atoms with van der Waals surface area (Å²) in [5, 5.41) is 1.97. The predicted molar refractivity (Wildman–Crippen MR) is 72.4 cm³/mol. The van der Waals surface area contributed by atoms with Crippen LogP contribution in [-0.4, -0.2) is 10.2 Å². The molecule has 0 saturated carbocycles. The summed E-state index contributed by atoms with van der Waals surface area (Å²) in [5.74, 6) is 1.06. The largest absolute Gasteiger partial charge is 0.358 e. The van der Waals surface area contributed by atoms with Gasteiger partial charge in [0, 0.05) is 21.4 Å². The number of thioether (sulfide) groups is 1. The van der Waals surface area contributed by atoms with Crippen LogP contribution in [0.2, 0.25) is 0 Å². The summed E-state index contributed by atoms with van der Waals surface area (Å²) >= 11 is 5.44. The van der Waals surface area contributed by atoms with Crippen LogP contribution in [-0.2, 0) is 5.75 Å². The fourth-order valence-electron chi connectivity index (χ4n) is 1.49. The topological polar surface area (TPSA) is 15.8 Å². The SMILES string of the molecule is CC(C)SCc1cc2ccc(Br)cc2[nH]1. The molecule has 1 heterocycles. The highest BCUT2D eigenvalue weighted by Gasteiger charge is 2.02. The molecule has 0 radical (unpaired) electrons. The van der Waals surface area contributed by atoms with Crippen molar-refractivity contribution >= 4 is 38.6 Å². The Morgan fingerprint density at radius 2 is 2.13 bits per heavy atom. The number of fused-ring (bicyclic) bond motifs is 1. The van der Waals surface area contributed by atoms with Crippen LogP contribution < -0.4 is 0 Å². The second-order valence-corrected chi connectivity index (χ2v) is 6.37. The molecule has 0 aliphatic rings. The molecule has 0 unspecified atom stereocenters. The lowest BCUT2D eigenvalue weighted by molar-refractivity contribution is 1.10. The van der Waals surface area contributed by atoms with Gasteiger partial charge in [0.15, 0.2) is 0 Å². The molecule has 3 heteroatoms. The summed E-state index contributed by atoms with van der Waals surface area (Å²) in [6.07, 6.45) is 0. The zero-order valence-corrected chi connectivity index (χ0v) is 11.3. The second-order valence-electron chi connectivity index (χ2n) is 3.89. The van der Waals surface area contributed by atoms with Gasteiger partial charge in [-0.15, -0.1) is 0 Å². The van der Waals surface area contributed by atoms with E-state index in [0.29, 0.717) is 5.25 Å². The highest BCUT2D eigenvalue weighted by atomic mass is 79.9. The van der Waals surface area contributed by atoms with Gasteiger partial charge in [-0.1, -0.05) is 35.8 Å². The Labute approximate surface area is 103 Å². The molecule has 1 aromatic heterocycles. The summed E-state index contributed by atoms with van der Waals surface area (Å²) < 4.78 is 1.12. The quantitative estimate of drug-likeness (QED) is 0.872. The minimum Gasteiger partial charge on any atom is -0.358 e. The molecule has 15 heavy (non-hydrogen) atoms. The van der Waals surface area contributed by atoms with Crippen LogP contribution >= 0.6 is 27.7 Å². The van der Waals surface area contributed by atoms with Gasteiger partial charge >= 0.3 is 0 Å². The van der Waals surface area contributed by atoms with Crippen LogP contribution in [0, 0.1) is 0 Å². The van der Waals surface area contributed by atoms with Gasteiger partial charge in [-0.25, -0.2) is 0 Å². The molecule has 80 valence electrons. The Kier molecular flexibility index (Phi) is 3.42. The monoisotopic (exact) mass is 283 g/mol. The van der Waals surface area contributed by atoms with Crippen molar-refractivity contribution in [2.45, 2.75) is 24.9 Å². The lowest BCUT2D eigenvalue weighted by Crippen LogP contribution is -1.88. The molecule has 0 saturated heterocycles. The molecular formula is C12H14BrNS. The standard InChI is InChI=1S/C12H14BrNS/c1-8(2)15-7-11-5-9-3-4-10(13)6-12(9)14-11/h3-6,8,14H,7H2,1-2H3. The Morgan fingerprint density at radius 3 is 2.87 bits per heavy atom. The maximum Gasteiger partial charge on any atom is 0.0467 e. The number of hydrogen-bond donors (Lipinski definition) is 1. The Balaban J connectivity index is 2.23. The Bertz CT molecular complexity index is 462. The van der Waals surface area contributed by atoms with E-state index in [1.807, 2.05) is 11.8 Å². The Morgan fingerprint density at radius 1 is 1.33 bits per heavy atom. The molecule has 0 aliphatic heterocycles. The maximum absolute atomic E-state index is 3.48. The fourth-order valence-corrected chi connectivity index (χ4v) is 2.52. The van der Waals surface area contributed by atoms with Gasteiger partial charge in [0.25, 0.3) is 0 Å². The minimum atomic E-state index is 0.683. The van der Waals surface area contributed by atoms with Crippen LogP contribution in [0.3, 0.4) is 0 Å². The van der Waals surface area contributed by atoms with Crippen LogP contribution in [0.1, 0.15) is 19.5 Å². The normalized spacial score (nSPS) is 11.5. The van der Waals surface area contributed by atoms with Gasteiger partial charge in [-0.3, -0.25) is 0 Å². The van der Waals surface area contributed by atoms with Crippen molar-refractivity contribution in [2.75, 3.05) is 0 Å². The number of aromatic amines is 1. The number of halogens is 1. The van der Waals surface area contributed by atoms with E-state index in [4.69, 9.17) is 0 Å². The molecular weight excluding hydrogens is 270 g/mol. The van der Waals surface area contributed by atoms with Crippen molar-refractivity contribution in [3.8, 4) is 0 Å². The first-order chi connectivity index (χ1) is 7.15. The number of hydrogen-bond acceptors (Lipinski definition) is 1. The number of nitrogens with one attached hydrogen (secondary N) is 1. The molecule has 2 aromatic rings. The minimum absolute atomic E-state index is 0.683. The van der Waals surface area contributed by atoms with Crippen LogP contribution in [0.5, 0.6) is 0 Å². The van der Waals surface area contributed by atoms with Crippen molar-refractivity contribution in [1.82, 2.24) is 4.98 Å². The summed E-state index contributed by atoms with van der Waals surface area (Å²) in [6, 6.07) is 8.57. The molecule has 0 bridgehead atoms. The molecule has 2 rings (SSSR count). The molecule has 1 nitrogen and oxygen atoms in total. The molecule has 1 N–H and O–H groups in total. The van der Waals surface area contributed by atoms with Crippen molar-refractivity contribution in [2.24, 2.45) is 0 Å². The Hall–Kier alpha value is -0.410. The van der Waals surface area contributed by atoms with Gasteiger partial charge in [0.1, 0.15) is 0 Å². The number of rotatable bonds is 3. The molecule has 0 aliphatic carbocycles. The lowest BCUT2D eigenvalue weighted by atomic mass is 10.2. The van der Waals surface area contributed by atoms with E-state index in [0.717, 1.165) is 10.2 Å². The van der Waals surface area contributed by atoms with E-state index < -0.39 is 0 Å². The van der Waals surface area contributed by atoms with Crippen molar-refractivity contribution in [3.63, 3.8) is 0 Å². The predicted octanol–water partition coefficient (Wildman–Crippen LogP) is 4.57. The van der Waals surface area contributed by atoms with E-state index in [1.54, 1.807) is 0 Å². The molecule has 0 atom stereocenters. The summed E-state index contributed by atoms with van der Waals surface area (Å²) in [4.78, 5) is 3.44. The van der Waals surface area contributed by atoms with Gasteiger partial charge < -0.3 is 4.98 Å². The lowest BCUT2D eigenvalue weighted by Gasteiger charge is -2.01. The third kappa shape index (κ3) is 2.79. The average molecular weight is 284 g/mol. The highest BCUT2D eigenvalue weighted by molar-refractivity contribution is 9.10. The summed E-state index contributed by atoms with van der Waals surface area (Å²) in [6.45, 7) is 4.45. The molecule has 0 amide bonds. The summed E-state index contributed by atoms with van der Waals surface area (Å²) in [7, 11) is 0. The molecule has 0 fully saturated rings. The third-order valence-corrected chi connectivity index (χ3v) is 3.85. The van der Waals surface area contributed by atoms with Crippen LogP contribution in [0.25, 0.3) is 10.9 Å².